The molecule has 21 heavy (non-hydrogen) atoms. The van der Waals surface area contributed by atoms with E-state index in [4.69, 9.17) is 0 Å². The fourth-order valence-corrected chi connectivity index (χ4v) is 2.01. The number of hydrogen-bond acceptors (Lipinski definition) is 4. The molecule has 2 aromatic rings. The third-order valence-corrected chi connectivity index (χ3v) is 3.11. The molecule has 1 aromatic heterocycles. The van der Waals surface area contributed by atoms with Gasteiger partial charge in [0.15, 0.2) is 0 Å². The summed E-state index contributed by atoms with van der Waals surface area (Å²) >= 11 is 0. The van der Waals surface area contributed by atoms with Crippen LogP contribution in [0.2, 0.25) is 0 Å². The molecule has 0 saturated carbocycles. The lowest BCUT2D eigenvalue weighted by molar-refractivity contribution is 0.0936. The van der Waals surface area contributed by atoms with Gasteiger partial charge in [-0.15, -0.1) is 0 Å². The molecule has 0 saturated heterocycles. The largest absolute Gasteiger partial charge is 0.349 e. The standard InChI is InChI=1S/C15H17FN4O/c1-20(2)14(11-4-3-5-12(16)8-11)10-19-15(21)13-9-17-6-7-18-13/h3-9,14H,10H2,1-2H3,(H,19,21). The molecule has 110 valence electrons. The zero-order valence-corrected chi connectivity index (χ0v) is 12.0. The molecule has 1 aromatic carbocycles. The average molecular weight is 288 g/mol. The highest BCUT2D eigenvalue weighted by molar-refractivity contribution is 5.91. The Morgan fingerprint density at radius 2 is 2.19 bits per heavy atom. The molecule has 0 bridgehead atoms. The lowest BCUT2D eigenvalue weighted by Gasteiger charge is -2.25. The van der Waals surface area contributed by atoms with E-state index < -0.39 is 0 Å². The molecule has 0 aliphatic rings. The number of likely N-dealkylation sites (N-methyl/N-ethyl adjacent to an activating group) is 1. The molecule has 5 nitrogen and oxygen atoms in total. The van der Waals surface area contributed by atoms with Gasteiger partial charge in [0, 0.05) is 18.9 Å². The molecule has 2 rings (SSSR count). The zero-order valence-electron chi connectivity index (χ0n) is 12.0. The van der Waals surface area contributed by atoms with Crippen molar-refractivity contribution in [2.45, 2.75) is 6.04 Å². The van der Waals surface area contributed by atoms with Crippen LogP contribution in [0.4, 0.5) is 4.39 Å². The minimum atomic E-state index is -0.300. The predicted octanol–water partition coefficient (Wildman–Crippen LogP) is 1.65. The quantitative estimate of drug-likeness (QED) is 0.909. The van der Waals surface area contributed by atoms with Crippen molar-refractivity contribution in [3.8, 4) is 0 Å². The smallest absolute Gasteiger partial charge is 0.271 e. The van der Waals surface area contributed by atoms with Crippen LogP contribution in [0.25, 0.3) is 0 Å². The number of nitrogens with zero attached hydrogens (tertiary/aromatic N) is 3. The van der Waals surface area contributed by atoms with Crippen LogP contribution in [0.5, 0.6) is 0 Å². The van der Waals surface area contributed by atoms with E-state index in [0.717, 1.165) is 5.56 Å². The monoisotopic (exact) mass is 288 g/mol. The van der Waals surface area contributed by atoms with E-state index in [1.165, 1.54) is 30.7 Å². The van der Waals surface area contributed by atoms with Gasteiger partial charge in [0.1, 0.15) is 11.5 Å². The number of halogens is 1. The second kappa shape index (κ2) is 6.90. The first-order valence-electron chi connectivity index (χ1n) is 6.54. The van der Waals surface area contributed by atoms with Crippen molar-refractivity contribution in [2.24, 2.45) is 0 Å². The molecule has 0 fully saturated rings. The van der Waals surface area contributed by atoms with Crippen molar-refractivity contribution in [3.05, 3.63) is 59.9 Å². The zero-order chi connectivity index (χ0) is 15.2. The normalized spacial score (nSPS) is 12.2. The van der Waals surface area contributed by atoms with E-state index in [2.05, 4.69) is 15.3 Å². The summed E-state index contributed by atoms with van der Waals surface area (Å²) in [6.45, 7) is 0.353. The summed E-state index contributed by atoms with van der Waals surface area (Å²) in [5.41, 5.74) is 1.06. The molecular weight excluding hydrogens is 271 g/mol. The lowest BCUT2D eigenvalue weighted by atomic mass is 10.1. The maximum absolute atomic E-state index is 13.3. The van der Waals surface area contributed by atoms with Gasteiger partial charge in [-0.2, -0.15) is 0 Å². The molecule has 0 radical (unpaired) electrons. The second-order valence-corrected chi connectivity index (χ2v) is 4.84. The van der Waals surface area contributed by atoms with Crippen molar-refractivity contribution in [2.75, 3.05) is 20.6 Å². The lowest BCUT2D eigenvalue weighted by Crippen LogP contribution is -2.35. The van der Waals surface area contributed by atoms with E-state index in [9.17, 15) is 9.18 Å². The molecule has 1 atom stereocenters. The van der Waals surface area contributed by atoms with Crippen LogP contribution in [-0.4, -0.2) is 41.4 Å². The Labute approximate surface area is 122 Å². The van der Waals surface area contributed by atoms with Gasteiger partial charge in [-0.1, -0.05) is 12.1 Å². The Morgan fingerprint density at radius 1 is 1.38 bits per heavy atom. The highest BCUT2D eigenvalue weighted by Crippen LogP contribution is 2.18. The Morgan fingerprint density at radius 3 is 2.81 bits per heavy atom. The number of amides is 1. The minimum absolute atomic E-state index is 0.124. The third-order valence-electron chi connectivity index (χ3n) is 3.11. The fourth-order valence-electron chi connectivity index (χ4n) is 2.01. The van der Waals surface area contributed by atoms with Gasteiger partial charge in [0.05, 0.1) is 12.2 Å². The molecular formula is C15H17FN4O. The average Bonchev–Trinajstić information content (AvgIpc) is 2.48. The van der Waals surface area contributed by atoms with Crippen molar-refractivity contribution in [3.63, 3.8) is 0 Å². The van der Waals surface area contributed by atoms with E-state index >= 15 is 0 Å². The van der Waals surface area contributed by atoms with E-state index in [0.29, 0.717) is 6.54 Å². The number of hydrogen-bond donors (Lipinski definition) is 1. The first-order chi connectivity index (χ1) is 10.1. The van der Waals surface area contributed by atoms with Crippen molar-refractivity contribution >= 4 is 5.91 Å². The summed E-state index contributed by atoms with van der Waals surface area (Å²) in [5, 5.41) is 2.79. The Balaban J connectivity index is 2.06. The van der Waals surface area contributed by atoms with Gasteiger partial charge in [-0.05, 0) is 31.8 Å². The van der Waals surface area contributed by atoms with Crippen LogP contribution in [0.15, 0.2) is 42.9 Å². The van der Waals surface area contributed by atoms with E-state index in [1.54, 1.807) is 6.07 Å². The van der Waals surface area contributed by atoms with Crippen LogP contribution in [0.1, 0.15) is 22.1 Å². The van der Waals surface area contributed by atoms with Crippen LogP contribution >= 0.6 is 0 Å². The summed E-state index contributed by atoms with van der Waals surface area (Å²) in [4.78, 5) is 21.7. The SMILES string of the molecule is CN(C)C(CNC(=O)c1cnccn1)c1cccc(F)c1. The molecule has 0 aliphatic heterocycles. The highest BCUT2D eigenvalue weighted by Gasteiger charge is 2.16. The maximum Gasteiger partial charge on any atom is 0.271 e. The Bertz CT molecular complexity index is 604. The number of carbonyl (C=O) groups excluding carboxylic acids is 1. The Hall–Kier alpha value is -2.34. The molecule has 1 amide bonds. The maximum atomic E-state index is 13.3. The van der Waals surface area contributed by atoms with Crippen molar-refractivity contribution in [1.82, 2.24) is 20.2 Å². The molecule has 1 N–H and O–H groups in total. The van der Waals surface area contributed by atoms with Gasteiger partial charge in [-0.25, -0.2) is 9.37 Å². The number of benzene rings is 1. The predicted molar refractivity (Wildman–Crippen MR) is 77.2 cm³/mol. The number of rotatable bonds is 5. The molecule has 6 heteroatoms. The van der Waals surface area contributed by atoms with Gasteiger partial charge >= 0.3 is 0 Å². The summed E-state index contributed by atoms with van der Waals surface area (Å²) in [5.74, 6) is -0.592. The van der Waals surface area contributed by atoms with Crippen LogP contribution < -0.4 is 5.32 Å². The molecule has 1 unspecified atom stereocenters. The third kappa shape index (κ3) is 4.06. The van der Waals surface area contributed by atoms with Crippen molar-refractivity contribution in [1.29, 1.82) is 0 Å². The first-order valence-corrected chi connectivity index (χ1v) is 6.54. The summed E-state index contributed by atoms with van der Waals surface area (Å²) in [6, 6.07) is 6.24. The van der Waals surface area contributed by atoms with E-state index in [-0.39, 0.29) is 23.5 Å². The Kier molecular flexibility index (Phi) is 4.94. The number of carbonyl (C=O) groups is 1. The second-order valence-electron chi connectivity index (χ2n) is 4.84. The van der Waals surface area contributed by atoms with Crippen LogP contribution in [-0.2, 0) is 0 Å². The molecule has 0 spiro atoms. The van der Waals surface area contributed by atoms with Crippen LogP contribution in [0.3, 0.4) is 0 Å². The van der Waals surface area contributed by atoms with Gasteiger partial charge in [0.2, 0.25) is 0 Å². The van der Waals surface area contributed by atoms with Crippen LogP contribution in [0, 0.1) is 5.82 Å². The van der Waals surface area contributed by atoms with E-state index in [1.807, 2.05) is 25.1 Å². The van der Waals surface area contributed by atoms with Gasteiger partial charge < -0.3 is 10.2 Å². The van der Waals surface area contributed by atoms with Crippen molar-refractivity contribution < 1.29 is 9.18 Å². The molecule has 1 heterocycles. The van der Waals surface area contributed by atoms with Gasteiger partial charge in [-0.3, -0.25) is 9.78 Å². The number of nitrogens with one attached hydrogen (secondary N) is 1. The summed E-state index contributed by atoms with van der Waals surface area (Å²) in [7, 11) is 3.76. The van der Waals surface area contributed by atoms with Gasteiger partial charge in [0.25, 0.3) is 5.91 Å². The first kappa shape index (κ1) is 15.1. The minimum Gasteiger partial charge on any atom is -0.349 e. The summed E-state index contributed by atoms with van der Waals surface area (Å²) in [6.07, 6.45) is 4.37. The highest BCUT2D eigenvalue weighted by atomic mass is 19.1. The molecule has 0 aliphatic carbocycles. The summed E-state index contributed by atoms with van der Waals surface area (Å²) < 4.78 is 13.3. The number of aromatic nitrogens is 2. The topological polar surface area (TPSA) is 58.1 Å². The fraction of sp³-hybridized carbons (Fsp3) is 0.267.